The van der Waals surface area contributed by atoms with Crippen LogP contribution in [0.5, 0.6) is 0 Å². The van der Waals surface area contributed by atoms with Crippen molar-refractivity contribution in [1.82, 2.24) is 0 Å². The van der Waals surface area contributed by atoms with Crippen LogP contribution in [0.4, 0.5) is 0 Å². The van der Waals surface area contributed by atoms with Crippen LogP contribution in [0.25, 0.3) is 11.1 Å². The molecule has 82 valence electrons. The average molecular weight is 252 g/mol. The fraction of sp³-hybridized carbons (Fsp3) is 0.0769. The maximum atomic E-state index is 6.15. The fourth-order valence-corrected chi connectivity index (χ4v) is 1.90. The van der Waals surface area contributed by atoms with Gasteiger partial charge in [-0.05, 0) is 35.4 Å². The molecule has 3 heteroatoms. The zero-order valence-electron chi connectivity index (χ0n) is 8.58. The van der Waals surface area contributed by atoms with E-state index in [1.54, 1.807) is 0 Å². The van der Waals surface area contributed by atoms with E-state index in [1.807, 2.05) is 42.5 Å². The first-order valence-corrected chi connectivity index (χ1v) is 5.71. The van der Waals surface area contributed by atoms with E-state index in [1.165, 1.54) is 0 Å². The molecule has 0 heterocycles. The largest absolute Gasteiger partial charge is 0.326 e. The van der Waals surface area contributed by atoms with E-state index in [2.05, 4.69) is 0 Å². The summed E-state index contributed by atoms with van der Waals surface area (Å²) in [5, 5.41) is 1.44. The molecule has 0 atom stereocenters. The molecule has 0 aliphatic carbocycles. The summed E-state index contributed by atoms with van der Waals surface area (Å²) in [5.74, 6) is 0. The molecule has 1 nitrogen and oxygen atoms in total. The first-order chi connectivity index (χ1) is 7.70. The maximum Gasteiger partial charge on any atom is 0.0484 e. The third-order valence-electron chi connectivity index (χ3n) is 2.42. The number of hydrogen-bond acceptors (Lipinski definition) is 1. The van der Waals surface area contributed by atoms with Gasteiger partial charge in [-0.15, -0.1) is 0 Å². The summed E-state index contributed by atoms with van der Waals surface area (Å²) in [5.41, 5.74) is 8.70. The Bertz CT molecular complexity index is 492. The summed E-state index contributed by atoms with van der Waals surface area (Å²) in [6, 6.07) is 13.4. The molecular formula is C13H11Cl2N. The average Bonchev–Trinajstić information content (AvgIpc) is 2.31. The van der Waals surface area contributed by atoms with Crippen molar-refractivity contribution < 1.29 is 0 Å². The van der Waals surface area contributed by atoms with Gasteiger partial charge in [0.15, 0.2) is 0 Å². The number of nitrogens with two attached hydrogens (primary N) is 1. The Morgan fingerprint density at radius 1 is 0.938 bits per heavy atom. The third-order valence-corrected chi connectivity index (χ3v) is 3.00. The summed E-state index contributed by atoms with van der Waals surface area (Å²) < 4.78 is 0. The number of halogens is 2. The van der Waals surface area contributed by atoms with Crippen molar-refractivity contribution >= 4 is 23.2 Å². The van der Waals surface area contributed by atoms with Crippen LogP contribution in [-0.4, -0.2) is 0 Å². The first-order valence-electron chi connectivity index (χ1n) is 4.95. The maximum absolute atomic E-state index is 6.15. The predicted octanol–water partition coefficient (Wildman–Crippen LogP) is 4.12. The second-order valence-corrected chi connectivity index (χ2v) is 4.37. The molecule has 0 saturated heterocycles. The molecule has 2 aromatic carbocycles. The summed E-state index contributed by atoms with van der Waals surface area (Å²) in [6.45, 7) is 0.512. The van der Waals surface area contributed by atoms with Gasteiger partial charge in [0.2, 0.25) is 0 Å². The fourth-order valence-electron chi connectivity index (χ4n) is 1.55. The van der Waals surface area contributed by atoms with Crippen LogP contribution >= 0.6 is 23.2 Å². The Kier molecular flexibility index (Phi) is 3.49. The van der Waals surface area contributed by atoms with Crippen LogP contribution < -0.4 is 5.73 Å². The minimum Gasteiger partial charge on any atom is -0.326 e. The van der Waals surface area contributed by atoms with Gasteiger partial charge in [-0.1, -0.05) is 41.4 Å². The highest BCUT2D eigenvalue weighted by molar-refractivity contribution is 6.33. The van der Waals surface area contributed by atoms with Gasteiger partial charge in [0.1, 0.15) is 0 Å². The standard InChI is InChI=1S/C13H11Cl2N/c14-11-4-2-10(3-5-11)12-7-9(8-16)1-6-13(12)15/h1-7H,8,16H2. The molecule has 2 N–H and O–H groups in total. The van der Waals surface area contributed by atoms with Crippen molar-refractivity contribution in [1.29, 1.82) is 0 Å². The normalized spacial score (nSPS) is 10.4. The molecule has 0 spiro atoms. The second-order valence-electron chi connectivity index (χ2n) is 3.53. The molecule has 2 aromatic rings. The lowest BCUT2D eigenvalue weighted by Crippen LogP contribution is -1.96. The van der Waals surface area contributed by atoms with Crippen molar-refractivity contribution in [3.63, 3.8) is 0 Å². The molecule has 0 saturated carbocycles. The summed E-state index contributed by atoms with van der Waals surface area (Å²) in [4.78, 5) is 0. The van der Waals surface area contributed by atoms with E-state index in [0.717, 1.165) is 26.7 Å². The number of benzene rings is 2. The van der Waals surface area contributed by atoms with Gasteiger partial charge in [-0.2, -0.15) is 0 Å². The Hall–Kier alpha value is -1.02. The molecule has 0 radical (unpaired) electrons. The minimum atomic E-state index is 0.512. The molecule has 0 unspecified atom stereocenters. The molecule has 0 aliphatic heterocycles. The van der Waals surface area contributed by atoms with Gasteiger partial charge in [0.05, 0.1) is 0 Å². The van der Waals surface area contributed by atoms with Crippen molar-refractivity contribution in [2.24, 2.45) is 5.73 Å². The Labute approximate surface area is 105 Å². The molecule has 2 rings (SSSR count). The minimum absolute atomic E-state index is 0.512. The van der Waals surface area contributed by atoms with Crippen LogP contribution in [-0.2, 0) is 6.54 Å². The molecule has 0 bridgehead atoms. The number of hydrogen-bond donors (Lipinski definition) is 1. The predicted molar refractivity (Wildman–Crippen MR) is 69.8 cm³/mol. The van der Waals surface area contributed by atoms with Crippen LogP contribution in [0.15, 0.2) is 42.5 Å². The van der Waals surface area contributed by atoms with Gasteiger partial charge >= 0.3 is 0 Å². The van der Waals surface area contributed by atoms with Gasteiger partial charge in [-0.3, -0.25) is 0 Å². The summed E-state index contributed by atoms with van der Waals surface area (Å²) in [7, 11) is 0. The quantitative estimate of drug-likeness (QED) is 0.854. The molecule has 16 heavy (non-hydrogen) atoms. The van der Waals surface area contributed by atoms with E-state index in [9.17, 15) is 0 Å². The van der Waals surface area contributed by atoms with Crippen LogP contribution in [0.1, 0.15) is 5.56 Å². The molecular weight excluding hydrogens is 241 g/mol. The monoisotopic (exact) mass is 251 g/mol. The van der Waals surface area contributed by atoms with E-state index in [4.69, 9.17) is 28.9 Å². The Balaban J connectivity index is 2.50. The van der Waals surface area contributed by atoms with Crippen LogP contribution in [0.3, 0.4) is 0 Å². The lowest BCUT2D eigenvalue weighted by molar-refractivity contribution is 1.07. The van der Waals surface area contributed by atoms with E-state index in [0.29, 0.717) is 6.54 Å². The van der Waals surface area contributed by atoms with Crippen molar-refractivity contribution in [2.75, 3.05) is 0 Å². The molecule has 0 aliphatic rings. The molecule has 0 fully saturated rings. The SMILES string of the molecule is NCc1ccc(Cl)c(-c2ccc(Cl)cc2)c1. The molecule has 0 aromatic heterocycles. The lowest BCUT2D eigenvalue weighted by atomic mass is 10.0. The van der Waals surface area contributed by atoms with Crippen LogP contribution in [0, 0.1) is 0 Å². The van der Waals surface area contributed by atoms with E-state index >= 15 is 0 Å². The zero-order valence-corrected chi connectivity index (χ0v) is 10.1. The molecule has 0 amide bonds. The highest BCUT2D eigenvalue weighted by atomic mass is 35.5. The second kappa shape index (κ2) is 4.88. The highest BCUT2D eigenvalue weighted by Gasteiger charge is 2.04. The van der Waals surface area contributed by atoms with E-state index in [-0.39, 0.29) is 0 Å². The Morgan fingerprint density at radius 2 is 1.62 bits per heavy atom. The van der Waals surface area contributed by atoms with Gasteiger partial charge in [0, 0.05) is 22.2 Å². The van der Waals surface area contributed by atoms with Gasteiger partial charge < -0.3 is 5.73 Å². The van der Waals surface area contributed by atoms with Crippen LogP contribution in [0.2, 0.25) is 10.0 Å². The van der Waals surface area contributed by atoms with Crippen molar-refractivity contribution in [3.8, 4) is 11.1 Å². The smallest absolute Gasteiger partial charge is 0.0484 e. The van der Waals surface area contributed by atoms with E-state index < -0.39 is 0 Å². The Morgan fingerprint density at radius 3 is 2.25 bits per heavy atom. The van der Waals surface area contributed by atoms with Crippen molar-refractivity contribution in [3.05, 3.63) is 58.1 Å². The van der Waals surface area contributed by atoms with Gasteiger partial charge in [0.25, 0.3) is 0 Å². The zero-order chi connectivity index (χ0) is 11.5. The third kappa shape index (κ3) is 2.38. The highest BCUT2D eigenvalue weighted by Crippen LogP contribution is 2.29. The summed E-state index contributed by atoms with van der Waals surface area (Å²) >= 11 is 12.0. The first kappa shape index (κ1) is 11.5. The lowest BCUT2D eigenvalue weighted by Gasteiger charge is -2.07. The number of rotatable bonds is 2. The topological polar surface area (TPSA) is 26.0 Å². The van der Waals surface area contributed by atoms with Gasteiger partial charge in [-0.25, -0.2) is 0 Å². The van der Waals surface area contributed by atoms with Crippen molar-refractivity contribution in [2.45, 2.75) is 6.54 Å². The summed E-state index contributed by atoms with van der Waals surface area (Å²) in [6.07, 6.45) is 0.